The highest BCUT2D eigenvalue weighted by Gasteiger charge is 2.38. The Bertz CT molecular complexity index is 1100. The summed E-state index contributed by atoms with van der Waals surface area (Å²) in [7, 11) is 0. The molecular weight excluding hydrogens is 433 g/mol. The lowest BCUT2D eigenvalue weighted by Gasteiger charge is -2.35. The van der Waals surface area contributed by atoms with Crippen molar-refractivity contribution < 1.29 is 22.0 Å². The molecule has 0 bridgehead atoms. The van der Waals surface area contributed by atoms with Crippen LogP contribution in [0, 0.1) is 11.8 Å². The molecule has 2 aliphatic rings. The van der Waals surface area contributed by atoms with E-state index >= 15 is 0 Å². The van der Waals surface area contributed by atoms with Gasteiger partial charge in [0.15, 0.2) is 5.65 Å². The molecule has 0 amide bonds. The van der Waals surface area contributed by atoms with Gasteiger partial charge >= 0.3 is 6.18 Å². The molecule has 12 heteroatoms. The zero-order valence-corrected chi connectivity index (χ0v) is 16.9. The van der Waals surface area contributed by atoms with Crippen molar-refractivity contribution in [1.29, 1.82) is 0 Å². The number of anilines is 2. The highest BCUT2D eigenvalue weighted by molar-refractivity contribution is 5.71. The van der Waals surface area contributed by atoms with E-state index < -0.39 is 24.8 Å². The van der Waals surface area contributed by atoms with E-state index in [1.807, 2.05) is 0 Å². The predicted molar refractivity (Wildman–Crippen MR) is 107 cm³/mol. The summed E-state index contributed by atoms with van der Waals surface area (Å²) in [5.74, 6) is 1.33. The van der Waals surface area contributed by atoms with Gasteiger partial charge in [0, 0.05) is 26.2 Å². The number of hydrogen-bond donors (Lipinski definition) is 0. The number of halogens is 5. The van der Waals surface area contributed by atoms with Crippen LogP contribution in [0.15, 0.2) is 30.7 Å². The second-order valence-electron chi connectivity index (χ2n) is 8.21. The third-order valence-corrected chi connectivity index (χ3v) is 6.17. The Labute approximate surface area is 179 Å². The van der Waals surface area contributed by atoms with Crippen LogP contribution in [-0.4, -0.2) is 57.3 Å². The number of aromatic nitrogens is 5. The summed E-state index contributed by atoms with van der Waals surface area (Å²) >= 11 is 0. The van der Waals surface area contributed by atoms with Gasteiger partial charge < -0.3 is 9.80 Å². The molecule has 0 aliphatic carbocycles. The van der Waals surface area contributed by atoms with Gasteiger partial charge in [0.05, 0.1) is 24.3 Å². The van der Waals surface area contributed by atoms with E-state index in [2.05, 4.69) is 29.9 Å². The SMILES string of the molecule is FC(F)Cn1ncc2ncc(N3CC4CCN(c5ccc(C(F)(F)F)nc5)CC4C3)nc21. The second-order valence-corrected chi connectivity index (χ2v) is 8.21. The second kappa shape index (κ2) is 7.82. The Balaban J connectivity index is 1.30. The van der Waals surface area contributed by atoms with E-state index in [9.17, 15) is 22.0 Å². The summed E-state index contributed by atoms with van der Waals surface area (Å²) in [5.41, 5.74) is 0.567. The fourth-order valence-electron chi connectivity index (χ4n) is 4.59. The molecule has 0 aromatic carbocycles. The lowest BCUT2D eigenvalue weighted by molar-refractivity contribution is -0.141. The number of rotatable bonds is 4. The van der Waals surface area contributed by atoms with Crippen LogP contribution in [0.5, 0.6) is 0 Å². The summed E-state index contributed by atoms with van der Waals surface area (Å²) in [4.78, 5) is 16.6. The van der Waals surface area contributed by atoms with Crippen molar-refractivity contribution in [3.63, 3.8) is 0 Å². The molecular formula is C20H20F5N7. The van der Waals surface area contributed by atoms with Crippen molar-refractivity contribution in [2.45, 2.75) is 25.6 Å². The van der Waals surface area contributed by atoms with Gasteiger partial charge in [-0.15, -0.1) is 0 Å². The summed E-state index contributed by atoms with van der Waals surface area (Å²) in [6.45, 7) is 2.37. The number of fused-ring (bicyclic) bond motifs is 2. The van der Waals surface area contributed by atoms with E-state index in [4.69, 9.17) is 0 Å². The topological polar surface area (TPSA) is 63.0 Å². The summed E-state index contributed by atoms with van der Waals surface area (Å²) in [5, 5.41) is 3.95. The van der Waals surface area contributed by atoms with Gasteiger partial charge in [0.2, 0.25) is 0 Å². The smallest absolute Gasteiger partial charge is 0.370 e. The van der Waals surface area contributed by atoms with Gasteiger partial charge in [-0.05, 0) is 30.4 Å². The molecule has 7 nitrogen and oxygen atoms in total. The van der Waals surface area contributed by atoms with Crippen LogP contribution < -0.4 is 9.80 Å². The molecule has 3 aromatic rings. The first-order valence-electron chi connectivity index (χ1n) is 10.3. The van der Waals surface area contributed by atoms with Crippen molar-refractivity contribution in [2.24, 2.45) is 11.8 Å². The standard InChI is InChI=1S/C20H20F5N7/c21-17(22)11-32-19-15(6-28-32)26-7-18(29-19)31-8-12-3-4-30(9-13(12)10-31)14-1-2-16(27-5-14)20(23,24)25/h1-2,5-7,12-13,17H,3-4,8-11H2. The first kappa shape index (κ1) is 20.8. The van der Waals surface area contributed by atoms with Crippen molar-refractivity contribution in [1.82, 2.24) is 24.7 Å². The zero-order chi connectivity index (χ0) is 22.5. The third-order valence-electron chi connectivity index (χ3n) is 6.17. The Morgan fingerprint density at radius 3 is 2.47 bits per heavy atom. The Kier molecular flexibility index (Phi) is 5.09. The number of alkyl halides is 5. The van der Waals surface area contributed by atoms with Gasteiger partial charge in [0.25, 0.3) is 6.43 Å². The van der Waals surface area contributed by atoms with E-state index in [0.29, 0.717) is 47.6 Å². The van der Waals surface area contributed by atoms with Crippen molar-refractivity contribution in [2.75, 3.05) is 36.0 Å². The summed E-state index contributed by atoms with van der Waals surface area (Å²) in [6.07, 6.45) is -1.77. The van der Waals surface area contributed by atoms with E-state index in [1.165, 1.54) is 23.1 Å². The van der Waals surface area contributed by atoms with Crippen molar-refractivity contribution in [3.8, 4) is 0 Å². The highest BCUT2D eigenvalue weighted by Crippen LogP contribution is 2.36. The van der Waals surface area contributed by atoms with Crippen molar-refractivity contribution >= 4 is 22.7 Å². The molecule has 2 unspecified atom stereocenters. The first-order chi connectivity index (χ1) is 15.3. The van der Waals surface area contributed by atoms with Crippen LogP contribution in [-0.2, 0) is 12.7 Å². The Morgan fingerprint density at radius 1 is 0.969 bits per heavy atom. The van der Waals surface area contributed by atoms with Gasteiger partial charge in [-0.2, -0.15) is 18.3 Å². The summed E-state index contributed by atoms with van der Waals surface area (Å²) < 4.78 is 65.1. The fourth-order valence-corrected chi connectivity index (χ4v) is 4.59. The lowest BCUT2D eigenvalue weighted by atomic mass is 9.88. The lowest BCUT2D eigenvalue weighted by Crippen LogP contribution is -2.40. The number of nitrogens with zero attached hydrogens (tertiary/aromatic N) is 7. The van der Waals surface area contributed by atoms with E-state index in [1.54, 1.807) is 6.20 Å². The largest absolute Gasteiger partial charge is 0.433 e. The third kappa shape index (κ3) is 3.93. The van der Waals surface area contributed by atoms with Crippen LogP contribution in [0.4, 0.5) is 33.5 Å². The zero-order valence-electron chi connectivity index (χ0n) is 16.9. The molecule has 5 rings (SSSR count). The minimum atomic E-state index is -4.45. The molecule has 2 saturated heterocycles. The van der Waals surface area contributed by atoms with E-state index in [0.717, 1.165) is 25.6 Å². The van der Waals surface area contributed by atoms with Crippen LogP contribution in [0.1, 0.15) is 12.1 Å². The number of hydrogen-bond acceptors (Lipinski definition) is 6. The molecule has 2 atom stereocenters. The molecule has 5 heterocycles. The molecule has 0 saturated carbocycles. The van der Waals surface area contributed by atoms with Gasteiger partial charge in [0.1, 0.15) is 23.6 Å². The monoisotopic (exact) mass is 453 g/mol. The molecule has 32 heavy (non-hydrogen) atoms. The number of piperidine rings is 1. The van der Waals surface area contributed by atoms with Gasteiger partial charge in [-0.3, -0.25) is 0 Å². The minimum absolute atomic E-state index is 0.300. The maximum Gasteiger partial charge on any atom is 0.433 e. The first-order valence-corrected chi connectivity index (χ1v) is 10.3. The van der Waals surface area contributed by atoms with Crippen LogP contribution in [0.25, 0.3) is 11.2 Å². The average Bonchev–Trinajstić information content (AvgIpc) is 3.36. The maximum absolute atomic E-state index is 12.8. The van der Waals surface area contributed by atoms with Crippen LogP contribution >= 0.6 is 0 Å². The molecule has 170 valence electrons. The van der Waals surface area contributed by atoms with Gasteiger partial charge in [-0.1, -0.05) is 0 Å². The maximum atomic E-state index is 12.8. The van der Waals surface area contributed by atoms with Gasteiger partial charge in [-0.25, -0.2) is 28.4 Å². The number of pyridine rings is 1. The fraction of sp³-hybridized carbons (Fsp3) is 0.500. The van der Waals surface area contributed by atoms with E-state index in [-0.39, 0.29) is 0 Å². The molecule has 2 aliphatic heterocycles. The van der Waals surface area contributed by atoms with Crippen LogP contribution in [0.2, 0.25) is 0 Å². The Hall–Kier alpha value is -3.05. The minimum Gasteiger partial charge on any atom is -0.370 e. The molecule has 0 radical (unpaired) electrons. The highest BCUT2D eigenvalue weighted by atomic mass is 19.4. The molecule has 2 fully saturated rings. The van der Waals surface area contributed by atoms with Crippen molar-refractivity contribution in [3.05, 3.63) is 36.4 Å². The Morgan fingerprint density at radius 2 is 1.75 bits per heavy atom. The average molecular weight is 453 g/mol. The van der Waals surface area contributed by atoms with Crippen LogP contribution in [0.3, 0.4) is 0 Å². The summed E-state index contributed by atoms with van der Waals surface area (Å²) in [6, 6.07) is 2.47. The molecule has 3 aromatic heterocycles. The quantitative estimate of drug-likeness (QED) is 0.564. The molecule has 0 N–H and O–H groups in total. The molecule has 0 spiro atoms. The predicted octanol–water partition coefficient (Wildman–Crippen LogP) is 3.47. The normalized spacial score (nSPS) is 21.6.